The maximum absolute atomic E-state index is 12.0. The molecule has 0 atom stereocenters. The van der Waals surface area contributed by atoms with Gasteiger partial charge in [-0.2, -0.15) is 11.3 Å². The van der Waals surface area contributed by atoms with Gasteiger partial charge in [-0.25, -0.2) is 0 Å². The maximum atomic E-state index is 12.0. The number of hydrogen-bond donors (Lipinski definition) is 1. The zero-order chi connectivity index (χ0) is 10.1. The van der Waals surface area contributed by atoms with Crippen LogP contribution in [0.4, 0.5) is 0 Å². The molecule has 1 aromatic heterocycles. The van der Waals surface area contributed by atoms with E-state index in [0.29, 0.717) is 6.04 Å². The van der Waals surface area contributed by atoms with E-state index in [1.165, 1.54) is 0 Å². The van der Waals surface area contributed by atoms with Crippen LogP contribution < -0.4 is 5.32 Å². The van der Waals surface area contributed by atoms with E-state index in [0.717, 1.165) is 24.2 Å². The Kier molecular flexibility index (Phi) is 4.13. The molecule has 0 bridgehead atoms. The van der Waals surface area contributed by atoms with Crippen LogP contribution in [-0.2, 0) is 0 Å². The Bertz CT molecular complexity index is 349. The van der Waals surface area contributed by atoms with E-state index in [1.54, 1.807) is 11.3 Å². The first kappa shape index (κ1) is 12.5. The van der Waals surface area contributed by atoms with E-state index in [4.69, 9.17) is 0 Å². The molecule has 1 saturated heterocycles. The summed E-state index contributed by atoms with van der Waals surface area (Å²) in [5.41, 5.74) is 1.93. The SMILES string of the molecule is Cc1cscc1C(=O)N(C)C1CNC1.Cl. The summed E-state index contributed by atoms with van der Waals surface area (Å²) in [6.45, 7) is 3.83. The Balaban J connectivity index is 0.00000112. The van der Waals surface area contributed by atoms with Crippen LogP contribution in [0.1, 0.15) is 15.9 Å². The first-order valence-electron chi connectivity index (χ1n) is 4.71. The van der Waals surface area contributed by atoms with E-state index < -0.39 is 0 Å². The molecule has 0 spiro atoms. The van der Waals surface area contributed by atoms with Gasteiger partial charge in [-0.1, -0.05) is 0 Å². The largest absolute Gasteiger partial charge is 0.336 e. The summed E-state index contributed by atoms with van der Waals surface area (Å²) in [6.07, 6.45) is 0. The molecular weight excluding hydrogens is 232 g/mol. The predicted molar refractivity (Wildman–Crippen MR) is 65.1 cm³/mol. The summed E-state index contributed by atoms with van der Waals surface area (Å²) in [5.74, 6) is 0.148. The highest BCUT2D eigenvalue weighted by molar-refractivity contribution is 7.08. The fourth-order valence-electron chi connectivity index (χ4n) is 1.48. The Hall–Kier alpha value is -0.580. The molecule has 1 amide bonds. The number of carbonyl (C=O) groups excluding carboxylic acids is 1. The van der Waals surface area contributed by atoms with E-state index in [1.807, 2.05) is 29.6 Å². The zero-order valence-electron chi connectivity index (χ0n) is 8.82. The van der Waals surface area contributed by atoms with Crippen molar-refractivity contribution in [3.05, 3.63) is 21.9 Å². The van der Waals surface area contributed by atoms with Gasteiger partial charge in [0.05, 0.1) is 11.6 Å². The fourth-order valence-corrected chi connectivity index (χ4v) is 2.30. The molecule has 15 heavy (non-hydrogen) atoms. The number of rotatable bonds is 2. The van der Waals surface area contributed by atoms with Crippen LogP contribution in [0.5, 0.6) is 0 Å². The normalized spacial score (nSPS) is 15.3. The summed E-state index contributed by atoms with van der Waals surface area (Å²) in [6, 6.07) is 0.377. The highest BCUT2D eigenvalue weighted by atomic mass is 35.5. The summed E-state index contributed by atoms with van der Waals surface area (Å²) in [5, 5.41) is 7.11. The van der Waals surface area contributed by atoms with Crippen molar-refractivity contribution in [2.45, 2.75) is 13.0 Å². The third kappa shape index (κ3) is 2.33. The molecule has 1 aliphatic heterocycles. The minimum atomic E-state index is 0. The van der Waals surface area contributed by atoms with Gasteiger partial charge in [-0.05, 0) is 17.9 Å². The fraction of sp³-hybridized carbons (Fsp3) is 0.500. The second-order valence-electron chi connectivity index (χ2n) is 3.70. The minimum Gasteiger partial charge on any atom is -0.336 e. The second-order valence-corrected chi connectivity index (χ2v) is 4.44. The summed E-state index contributed by atoms with van der Waals surface area (Å²) in [4.78, 5) is 13.8. The van der Waals surface area contributed by atoms with Crippen LogP contribution in [0.3, 0.4) is 0 Å². The lowest BCUT2D eigenvalue weighted by molar-refractivity contribution is 0.0681. The molecule has 3 nitrogen and oxygen atoms in total. The topological polar surface area (TPSA) is 32.3 Å². The molecule has 2 heterocycles. The molecule has 84 valence electrons. The first-order chi connectivity index (χ1) is 6.70. The molecule has 0 unspecified atom stereocenters. The number of hydrogen-bond acceptors (Lipinski definition) is 3. The Morgan fingerprint density at radius 1 is 1.53 bits per heavy atom. The summed E-state index contributed by atoms with van der Waals surface area (Å²) < 4.78 is 0. The van der Waals surface area contributed by atoms with Crippen LogP contribution in [0.2, 0.25) is 0 Å². The molecule has 0 radical (unpaired) electrons. The number of thiophene rings is 1. The molecule has 1 aliphatic rings. The number of carbonyl (C=O) groups is 1. The number of amides is 1. The zero-order valence-corrected chi connectivity index (χ0v) is 10.5. The van der Waals surface area contributed by atoms with Crippen molar-refractivity contribution in [1.29, 1.82) is 0 Å². The highest BCUT2D eigenvalue weighted by Gasteiger charge is 2.26. The van der Waals surface area contributed by atoms with Gasteiger partial charge < -0.3 is 10.2 Å². The van der Waals surface area contributed by atoms with Crippen LogP contribution in [0.25, 0.3) is 0 Å². The predicted octanol–water partition coefficient (Wildman–Crippen LogP) is 1.52. The molecule has 5 heteroatoms. The van der Waals surface area contributed by atoms with Gasteiger partial charge >= 0.3 is 0 Å². The van der Waals surface area contributed by atoms with Gasteiger partial charge in [0.15, 0.2) is 0 Å². The summed E-state index contributed by atoms with van der Waals surface area (Å²) >= 11 is 1.59. The van der Waals surface area contributed by atoms with Crippen LogP contribution in [0, 0.1) is 6.92 Å². The monoisotopic (exact) mass is 246 g/mol. The molecule has 2 rings (SSSR count). The van der Waals surface area contributed by atoms with Crippen LogP contribution >= 0.6 is 23.7 Å². The average Bonchev–Trinajstić information content (AvgIpc) is 2.47. The van der Waals surface area contributed by atoms with Gasteiger partial charge in [0.2, 0.25) is 0 Å². The maximum Gasteiger partial charge on any atom is 0.255 e. The van der Waals surface area contributed by atoms with Gasteiger partial charge in [0.25, 0.3) is 5.91 Å². The summed E-state index contributed by atoms with van der Waals surface area (Å²) in [7, 11) is 1.88. The van der Waals surface area contributed by atoms with Crippen molar-refractivity contribution in [2.75, 3.05) is 20.1 Å². The molecule has 1 N–H and O–H groups in total. The Labute approximate surface area is 99.9 Å². The van der Waals surface area contributed by atoms with Crippen LogP contribution in [0.15, 0.2) is 10.8 Å². The third-order valence-electron chi connectivity index (χ3n) is 2.71. The van der Waals surface area contributed by atoms with Gasteiger partial charge in [0, 0.05) is 25.5 Å². The quantitative estimate of drug-likeness (QED) is 0.858. The molecule has 1 fully saturated rings. The number of aryl methyl sites for hydroxylation is 1. The van der Waals surface area contributed by atoms with Gasteiger partial charge in [-0.15, -0.1) is 12.4 Å². The standard InChI is InChI=1S/C10H14N2OS.ClH/c1-7-5-14-6-9(7)10(13)12(2)8-3-11-4-8;/h5-6,8,11H,3-4H2,1-2H3;1H. The number of nitrogens with one attached hydrogen (secondary N) is 1. The lowest BCUT2D eigenvalue weighted by Gasteiger charge is -2.35. The minimum absolute atomic E-state index is 0. The molecule has 1 aromatic rings. The number of likely N-dealkylation sites (N-methyl/N-ethyl adjacent to an activating group) is 1. The van der Waals surface area contributed by atoms with Crippen molar-refractivity contribution in [2.24, 2.45) is 0 Å². The van der Waals surface area contributed by atoms with Gasteiger partial charge in [-0.3, -0.25) is 4.79 Å². The first-order valence-corrected chi connectivity index (χ1v) is 5.65. The Morgan fingerprint density at radius 3 is 2.60 bits per heavy atom. The molecule has 0 aliphatic carbocycles. The van der Waals surface area contributed by atoms with Gasteiger partial charge in [0.1, 0.15) is 0 Å². The Morgan fingerprint density at radius 2 is 2.20 bits per heavy atom. The second kappa shape index (κ2) is 4.96. The van der Waals surface area contributed by atoms with Crippen molar-refractivity contribution in [3.8, 4) is 0 Å². The smallest absolute Gasteiger partial charge is 0.255 e. The van der Waals surface area contributed by atoms with E-state index in [-0.39, 0.29) is 18.3 Å². The highest BCUT2D eigenvalue weighted by Crippen LogP contribution is 2.17. The van der Waals surface area contributed by atoms with E-state index in [2.05, 4.69) is 5.32 Å². The van der Waals surface area contributed by atoms with Crippen molar-refractivity contribution < 1.29 is 4.79 Å². The number of nitrogens with zero attached hydrogens (tertiary/aromatic N) is 1. The lowest BCUT2D eigenvalue weighted by Crippen LogP contribution is -2.57. The van der Waals surface area contributed by atoms with E-state index >= 15 is 0 Å². The number of halogens is 1. The van der Waals surface area contributed by atoms with Crippen LogP contribution in [-0.4, -0.2) is 37.0 Å². The van der Waals surface area contributed by atoms with Crippen molar-refractivity contribution in [3.63, 3.8) is 0 Å². The lowest BCUT2D eigenvalue weighted by atomic mass is 10.1. The van der Waals surface area contributed by atoms with Crippen molar-refractivity contribution in [1.82, 2.24) is 10.2 Å². The third-order valence-corrected chi connectivity index (χ3v) is 3.58. The van der Waals surface area contributed by atoms with Crippen molar-refractivity contribution >= 4 is 29.7 Å². The molecule has 0 saturated carbocycles. The van der Waals surface area contributed by atoms with E-state index in [9.17, 15) is 4.79 Å². The average molecular weight is 247 g/mol. The molecular formula is C10H15ClN2OS. The molecule has 0 aromatic carbocycles.